The summed E-state index contributed by atoms with van der Waals surface area (Å²) >= 11 is 0. The van der Waals surface area contributed by atoms with Gasteiger partial charge >= 0.3 is 0 Å². The monoisotopic (exact) mass is 399 g/mol. The van der Waals surface area contributed by atoms with E-state index in [1.165, 1.54) is 12.1 Å². The molecule has 1 atom stereocenters. The number of phenols is 1. The van der Waals surface area contributed by atoms with E-state index >= 15 is 0 Å². The van der Waals surface area contributed by atoms with Gasteiger partial charge < -0.3 is 19.6 Å². The summed E-state index contributed by atoms with van der Waals surface area (Å²) in [6.45, 7) is 5.30. The third kappa shape index (κ3) is 4.86. The number of anilines is 1. The van der Waals surface area contributed by atoms with Crippen LogP contribution in [0.2, 0.25) is 0 Å². The maximum Gasteiger partial charge on any atom is 0.236 e. The summed E-state index contributed by atoms with van der Waals surface area (Å²) in [7, 11) is 0. The molecule has 2 saturated heterocycles. The van der Waals surface area contributed by atoms with Crippen LogP contribution in [-0.2, 0) is 9.53 Å². The van der Waals surface area contributed by atoms with Gasteiger partial charge in [0.1, 0.15) is 17.7 Å². The van der Waals surface area contributed by atoms with E-state index in [4.69, 9.17) is 4.74 Å². The fraction of sp³-hybridized carbons (Fsp3) is 0.409. The van der Waals surface area contributed by atoms with Gasteiger partial charge in [-0.1, -0.05) is 12.1 Å². The van der Waals surface area contributed by atoms with Crippen LogP contribution in [0.5, 0.6) is 5.75 Å². The summed E-state index contributed by atoms with van der Waals surface area (Å²) in [5.41, 5.74) is 1.98. The Hall–Kier alpha value is -2.64. The van der Waals surface area contributed by atoms with Gasteiger partial charge in [0.25, 0.3) is 0 Å². The molecule has 2 aliphatic heterocycles. The van der Waals surface area contributed by atoms with Crippen LogP contribution in [0.3, 0.4) is 0 Å². The van der Waals surface area contributed by atoms with Gasteiger partial charge in [0.15, 0.2) is 0 Å². The number of benzene rings is 2. The smallest absolute Gasteiger partial charge is 0.236 e. The van der Waals surface area contributed by atoms with Crippen LogP contribution in [0.4, 0.5) is 10.1 Å². The molecule has 2 heterocycles. The number of carbonyl (C=O) groups excluding carboxylic acids is 1. The van der Waals surface area contributed by atoms with E-state index in [0.29, 0.717) is 26.2 Å². The molecule has 4 rings (SSSR count). The van der Waals surface area contributed by atoms with E-state index in [0.717, 1.165) is 37.4 Å². The molecule has 0 aliphatic carbocycles. The molecule has 6 nitrogen and oxygen atoms in total. The molecule has 7 heteroatoms. The molecule has 154 valence electrons. The fourth-order valence-electron chi connectivity index (χ4n) is 3.87. The molecule has 2 aliphatic rings. The Morgan fingerprint density at radius 3 is 2.38 bits per heavy atom. The maximum atomic E-state index is 13.1. The van der Waals surface area contributed by atoms with Crippen molar-refractivity contribution in [2.45, 2.75) is 6.10 Å². The van der Waals surface area contributed by atoms with E-state index in [2.05, 4.69) is 9.80 Å². The average molecular weight is 399 g/mol. The number of phenolic OH excluding ortho intramolecular Hbond substituents is 1. The van der Waals surface area contributed by atoms with Gasteiger partial charge in [-0.3, -0.25) is 9.69 Å². The molecule has 29 heavy (non-hydrogen) atoms. The van der Waals surface area contributed by atoms with Crippen LogP contribution in [0.25, 0.3) is 0 Å². The second-order valence-corrected chi connectivity index (χ2v) is 7.53. The normalized spacial score (nSPS) is 20.7. The molecule has 2 fully saturated rings. The lowest BCUT2D eigenvalue weighted by Gasteiger charge is -2.38. The lowest BCUT2D eigenvalue weighted by atomic mass is 10.1. The number of carbonyl (C=O) groups is 1. The standard InChI is InChI=1S/C22H26FN3O3/c23-18-3-1-17(2-4-18)21-15-26(13-14-29-21)22(28)16-24-9-11-25(12-10-24)19-5-7-20(27)8-6-19/h1-8,21,27H,9-16H2. The predicted molar refractivity (Wildman–Crippen MR) is 108 cm³/mol. The number of nitrogens with zero attached hydrogens (tertiary/aromatic N) is 3. The highest BCUT2D eigenvalue weighted by molar-refractivity contribution is 5.78. The Morgan fingerprint density at radius 2 is 1.69 bits per heavy atom. The summed E-state index contributed by atoms with van der Waals surface area (Å²) in [6.07, 6.45) is -0.209. The number of hydrogen-bond acceptors (Lipinski definition) is 5. The van der Waals surface area contributed by atoms with Crippen LogP contribution in [0, 0.1) is 5.82 Å². The summed E-state index contributed by atoms with van der Waals surface area (Å²) in [4.78, 5) is 19.1. The van der Waals surface area contributed by atoms with Gasteiger partial charge in [-0.25, -0.2) is 4.39 Å². The molecular formula is C22H26FN3O3. The zero-order valence-corrected chi connectivity index (χ0v) is 16.3. The second kappa shape index (κ2) is 8.80. The van der Waals surface area contributed by atoms with Crippen molar-refractivity contribution in [3.8, 4) is 5.75 Å². The van der Waals surface area contributed by atoms with Crippen molar-refractivity contribution in [2.24, 2.45) is 0 Å². The number of amides is 1. The molecule has 0 aromatic heterocycles. The molecule has 0 radical (unpaired) electrons. The largest absolute Gasteiger partial charge is 0.508 e. The summed E-state index contributed by atoms with van der Waals surface area (Å²) < 4.78 is 18.9. The van der Waals surface area contributed by atoms with Gasteiger partial charge in [0.05, 0.1) is 19.7 Å². The SMILES string of the molecule is O=C(CN1CCN(c2ccc(O)cc2)CC1)N1CCOC(c2ccc(F)cc2)C1. The first-order valence-corrected chi connectivity index (χ1v) is 10.00. The van der Waals surface area contributed by atoms with E-state index in [9.17, 15) is 14.3 Å². The molecule has 1 N–H and O–H groups in total. The lowest BCUT2D eigenvalue weighted by molar-refractivity contribution is -0.140. The van der Waals surface area contributed by atoms with E-state index in [1.807, 2.05) is 17.0 Å². The Morgan fingerprint density at radius 1 is 1.00 bits per heavy atom. The number of rotatable bonds is 4. The van der Waals surface area contributed by atoms with Crippen molar-refractivity contribution in [3.63, 3.8) is 0 Å². The first-order chi connectivity index (χ1) is 14.1. The lowest BCUT2D eigenvalue weighted by Crippen LogP contribution is -2.51. The summed E-state index contributed by atoms with van der Waals surface area (Å²) in [6, 6.07) is 13.5. The maximum absolute atomic E-state index is 13.1. The highest BCUT2D eigenvalue weighted by atomic mass is 19.1. The van der Waals surface area contributed by atoms with Crippen molar-refractivity contribution in [2.75, 3.05) is 57.3 Å². The van der Waals surface area contributed by atoms with Crippen molar-refractivity contribution < 1.29 is 19.0 Å². The Labute approximate surface area is 170 Å². The Kier molecular flexibility index (Phi) is 5.97. The van der Waals surface area contributed by atoms with Crippen molar-refractivity contribution in [1.82, 2.24) is 9.80 Å². The number of ether oxygens (including phenoxy) is 1. The fourth-order valence-corrected chi connectivity index (χ4v) is 3.87. The molecule has 2 aromatic carbocycles. The van der Waals surface area contributed by atoms with Crippen molar-refractivity contribution >= 4 is 11.6 Å². The van der Waals surface area contributed by atoms with Crippen molar-refractivity contribution in [3.05, 3.63) is 59.9 Å². The van der Waals surface area contributed by atoms with Gasteiger partial charge in [0, 0.05) is 38.4 Å². The zero-order chi connectivity index (χ0) is 20.2. The van der Waals surface area contributed by atoms with Crippen LogP contribution >= 0.6 is 0 Å². The minimum Gasteiger partial charge on any atom is -0.508 e. The van der Waals surface area contributed by atoms with E-state index < -0.39 is 0 Å². The molecule has 0 spiro atoms. The van der Waals surface area contributed by atoms with Crippen molar-refractivity contribution in [1.29, 1.82) is 0 Å². The minimum absolute atomic E-state index is 0.110. The van der Waals surface area contributed by atoms with Crippen LogP contribution in [0.1, 0.15) is 11.7 Å². The second-order valence-electron chi connectivity index (χ2n) is 7.53. The minimum atomic E-state index is -0.274. The summed E-state index contributed by atoms with van der Waals surface area (Å²) in [5, 5.41) is 9.43. The van der Waals surface area contributed by atoms with Gasteiger partial charge in [-0.2, -0.15) is 0 Å². The molecular weight excluding hydrogens is 373 g/mol. The first-order valence-electron chi connectivity index (χ1n) is 10.00. The molecule has 1 unspecified atom stereocenters. The quantitative estimate of drug-likeness (QED) is 0.855. The molecule has 2 aromatic rings. The zero-order valence-electron chi connectivity index (χ0n) is 16.3. The van der Waals surface area contributed by atoms with E-state index in [-0.39, 0.29) is 23.6 Å². The number of halogens is 1. The number of aromatic hydroxyl groups is 1. The summed E-state index contributed by atoms with van der Waals surface area (Å²) in [5.74, 6) is 0.102. The van der Waals surface area contributed by atoms with Crippen LogP contribution in [-0.4, -0.2) is 73.2 Å². The van der Waals surface area contributed by atoms with E-state index in [1.54, 1.807) is 24.3 Å². The van der Waals surface area contributed by atoms with Gasteiger partial charge in [-0.05, 0) is 42.0 Å². The molecule has 1 amide bonds. The van der Waals surface area contributed by atoms with Gasteiger partial charge in [0.2, 0.25) is 5.91 Å². The highest BCUT2D eigenvalue weighted by Crippen LogP contribution is 2.23. The average Bonchev–Trinajstić information content (AvgIpc) is 2.75. The topological polar surface area (TPSA) is 56.2 Å². The Bertz CT molecular complexity index is 820. The number of morpholine rings is 1. The first kappa shape index (κ1) is 19.7. The highest BCUT2D eigenvalue weighted by Gasteiger charge is 2.27. The van der Waals surface area contributed by atoms with Crippen LogP contribution in [0.15, 0.2) is 48.5 Å². The third-order valence-corrected chi connectivity index (χ3v) is 5.61. The third-order valence-electron chi connectivity index (χ3n) is 5.61. The molecule has 0 bridgehead atoms. The number of hydrogen-bond donors (Lipinski definition) is 1. The molecule has 0 saturated carbocycles. The number of piperazine rings is 1. The van der Waals surface area contributed by atoms with Gasteiger partial charge in [-0.15, -0.1) is 0 Å². The Balaban J connectivity index is 1.28. The van der Waals surface area contributed by atoms with Crippen LogP contribution < -0.4 is 4.90 Å². The predicted octanol–water partition coefficient (Wildman–Crippen LogP) is 2.25.